The van der Waals surface area contributed by atoms with Gasteiger partial charge in [-0.3, -0.25) is 35.3 Å². The first-order chi connectivity index (χ1) is 25.3. The number of hydrogen-bond acceptors (Lipinski definition) is 12. The molecule has 1 aromatic carbocycles. The van der Waals surface area contributed by atoms with Gasteiger partial charge in [-0.1, -0.05) is 25.6 Å². The van der Waals surface area contributed by atoms with Crippen molar-refractivity contribution in [1.29, 1.82) is 0 Å². The van der Waals surface area contributed by atoms with E-state index in [2.05, 4.69) is 128 Å². The summed E-state index contributed by atoms with van der Waals surface area (Å²) in [4.78, 5) is 68.5. The lowest BCUT2D eigenvalue weighted by Crippen LogP contribution is -2.37. The Balaban J connectivity index is 0. The zero-order chi connectivity index (χ0) is 41.3. The molecule has 23 heteroatoms. The quantitative estimate of drug-likeness (QED) is 0.0475. The fraction of sp³-hybridized carbons (Fsp3) is 0.344. The number of rotatable bonds is 11. The van der Waals surface area contributed by atoms with Crippen LogP contribution in [0.3, 0.4) is 0 Å². The Labute approximate surface area is 376 Å². The summed E-state index contributed by atoms with van der Waals surface area (Å²) in [6.07, 6.45) is -0.534. The first kappa shape index (κ1) is 52.2. The number of hydrogen-bond donors (Lipinski definition) is 1. The number of pyridine rings is 2. The zero-order valence-corrected chi connectivity index (χ0v) is 39.8. The molecule has 0 bridgehead atoms. The Kier molecular flexibility index (Phi) is 24.2. The van der Waals surface area contributed by atoms with Crippen LogP contribution in [-0.4, -0.2) is 63.5 Å². The minimum absolute atomic E-state index is 0. The van der Waals surface area contributed by atoms with Gasteiger partial charge in [-0.15, -0.1) is 6.58 Å². The highest BCUT2D eigenvalue weighted by Crippen LogP contribution is 2.38. The molecule has 3 amide bonds. The molecule has 0 radical (unpaired) electrons. The standard InChI is InChI=1S/C23H26Br2N4O6.C8H7Br2N3O4.CH4.I2.H2/c1-6-11-27(22(31)35-23(3,4)5)16-10-8-9-15(12-16)14-28(21(30)34-7-2)17-13-18(24)26-20(25)19(17)29(32)33;1-2-17-8(14)11-4-3-5(9)12-7(10)6(4)13(15)16;;1-2;/h6,8-10,12-13H,1,7,11,14H2,2-5H3;3H,2H2,1H3,(H,11,12,14);1H4;;1H. The highest BCUT2D eigenvalue weighted by atomic mass is 128. The van der Waals surface area contributed by atoms with Crippen molar-refractivity contribution in [1.82, 2.24) is 9.97 Å². The van der Waals surface area contributed by atoms with Gasteiger partial charge in [-0.05, 0) is 116 Å². The summed E-state index contributed by atoms with van der Waals surface area (Å²) in [5.74, 6) is 0. The van der Waals surface area contributed by atoms with Crippen LogP contribution < -0.4 is 15.1 Å². The zero-order valence-electron chi connectivity index (χ0n) is 29.1. The van der Waals surface area contributed by atoms with Crippen LogP contribution in [0.15, 0.2) is 67.5 Å². The third-order valence-electron chi connectivity index (χ3n) is 5.96. The van der Waals surface area contributed by atoms with Crippen molar-refractivity contribution in [3.63, 3.8) is 0 Å². The van der Waals surface area contributed by atoms with E-state index in [-0.39, 0.29) is 71.7 Å². The van der Waals surface area contributed by atoms with E-state index in [9.17, 15) is 34.6 Å². The molecule has 0 aliphatic heterocycles. The molecule has 304 valence electrons. The summed E-state index contributed by atoms with van der Waals surface area (Å²) in [5.41, 5.74) is -0.334. The number of benzene rings is 1. The van der Waals surface area contributed by atoms with Crippen molar-refractivity contribution in [3.05, 3.63) is 93.3 Å². The van der Waals surface area contributed by atoms with Gasteiger partial charge in [0.2, 0.25) is 0 Å². The average Bonchev–Trinajstić information content (AvgIpc) is 3.05. The first-order valence-corrected chi connectivity index (χ1v) is 24.5. The Bertz CT molecular complexity index is 1850. The number of nitro groups is 2. The highest BCUT2D eigenvalue weighted by molar-refractivity contribution is 15.0. The fourth-order valence-electron chi connectivity index (χ4n) is 4.05. The molecule has 0 unspecified atom stereocenters. The molecule has 0 saturated carbocycles. The monoisotopic (exact) mass is 1250 g/mol. The van der Waals surface area contributed by atoms with Gasteiger partial charge in [0.15, 0.2) is 9.21 Å². The summed E-state index contributed by atoms with van der Waals surface area (Å²) in [7, 11) is 0. The van der Waals surface area contributed by atoms with Crippen molar-refractivity contribution in [3.8, 4) is 0 Å². The second kappa shape index (κ2) is 25.5. The number of halogens is 6. The number of amides is 3. The molecule has 3 aromatic rings. The van der Waals surface area contributed by atoms with Gasteiger partial charge in [-0.2, -0.15) is 0 Å². The predicted octanol–water partition coefficient (Wildman–Crippen LogP) is 12.3. The van der Waals surface area contributed by atoms with Gasteiger partial charge in [0, 0.05) is 63.0 Å². The van der Waals surface area contributed by atoms with E-state index in [1.54, 1.807) is 65.0 Å². The molecule has 2 heterocycles. The maximum Gasteiger partial charge on any atom is 0.415 e. The van der Waals surface area contributed by atoms with Crippen molar-refractivity contribution in [2.45, 2.75) is 54.2 Å². The average molecular weight is 1260 g/mol. The third-order valence-corrected chi connectivity index (χ3v) is 7.88. The number of anilines is 3. The Morgan fingerprint density at radius 3 is 1.96 bits per heavy atom. The molecule has 0 saturated heterocycles. The lowest BCUT2D eigenvalue weighted by Gasteiger charge is -2.27. The third kappa shape index (κ3) is 17.1. The number of carbonyl (C=O) groups excluding carboxylic acids is 3. The summed E-state index contributed by atoms with van der Waals surface area (Å²) >= 11 is 16.6. The van der Waals surface area contributed by atoms with E-state index in [0.717, 1.165) is 4.90 Å². The summed E-state index contributed by atoms with van der Waals surface area (Å²) in [6.45, 7) is 12.6. The lowest BCUT2D eigenvalue weighted by atomic mass is 10.1. The van der Waals surface area contributed by atoms with Crippen molar-refractivity contribution in [2.24, 2.45) is 0 Å². The van der Waals surface area contributed by atoms with Crippen LogP contribution in [-0.2, 0) is 20.8 Å². The fourth-order valence-corrected chi connectivity index (χ4v) is 6.42. The molecule has 0 fully saturated rings. The highest BCUT2D eigenvalue weighted by Gasteiger charge is 2.31. The second-order valence-electron chi connectivity index (χ2n) is 10.9. The van der Waals surface area contributed by atoms with Crippen molar-refractivity contribution >= 4 is 148 Å². The van der Waals surface area contributed by atoms with Crippen LogP contribution in [0, 0.1) is 20.2 Å². The number of aromatic nitrogens is 2. The van der Waals surface area contributed by atoms with Crippen molar-refractivity contribution in [2.75, 3.05) is 34.9 Å². The van der Waals surface area contributed by atoms with E-state index < -0.39 is 33.7 Å². The van der Waals surface area contributed by atoms with Gasteiger partial charge < -0.3 is 14.2 Å². The minimum atomic E-state index is -0.777. The van der Waals surface area contributed by atoms with Crippen LogP contribution in [0.25, 0.3) is 0 Å². The maximum atomic E-state index is 12.9. The number of nitrogens with zero attached hydrogens (tertiary/aromatic N) is 6. The van der Waals surface area contributed by atoms with E-state index in [1.807, 2.05) is 0 Å². The molecular weight excluding hydrogens is 1220 g/mol. The van der Waals surface area contributed by atoms with E-state index >= 15 is 0 Å². The number of nitrogens with one attached hydrogen (secondary N) is 1. The van der Waals surface area contributed by atoms with E-state index in [1.165, 1.54) is 17.0 Å². The van der Waals surface area contributed by atoms with Crippen LogP contribution in [0.1, 0.15) is 49.0 Å². The van der Waals surface area contributed by atoms with Crippen LogP contribution in [0.5, 0.6) is 0 Å². The Morgan fingerprint density at radius 1 is 0.909 bits per heavy atom. The topological polar surface area (TPSA) is 209 Å². The van der Waals surface area contributed by atoms with Gasteiger partial charge in [0.25, 0.3) is 0 Å². The minimum Gasteiger partial charge on any atom is -0.450 e. The lowest BCUT2D eigenvalue weighted by molar-refractivity contribution is -0.385. The molecule has 1 N–H and O–H groups in total. The van der Waals surface area contributed by atoms with Crippen molar-refractivity contribution < 1.29 is 39.9 Å². The first-order valence-electron chi connectivity index (χ1n) is 15.1. The Hall–Kier alpha value is -2.75. The smallest absolute Gasteiger partial charge is 0.415 e. The molecule has 17 nitrogen and oxygen atoms in total. The molecule has 55 heavy (non-hydrogen) atoms. The van der Waals surface area contributed by atoms with Gasteiger partial charge in [0.05, 0.1) is 29.6 Å². The maximum absolute atomic E-state index is 12.9. The summed E-state index contributed by atoms with van der Waals surface area (Å²) in [6, 6.07) is 9.54. The van der Waals surface area contributed by atoms with Gasteiger partial charge in [-0.25, -0.2) is 24.4 Å². The number of ether oxygens (including phenoxy) is 3. The molecule has 3 rings (SSSR count). The normalized spacial score (nSPS) is 10.1. The van der Waals surface area contributed by atoms with Crippen LogP contribution in [0.2, 0.25) is 0 Å². The predicted molar refractivity (Wildman–Crippen MR) is 244 cm³/mol. The molecule has 0 aliphatic carbocycles. The largest absolute Gasteiger partial charge is 0.450 e. The molecule has 2 aromatic heterocycles. The Morgan fingerprint density at radius 2 is 1.45 bits per heavy atom. The molecule has 0 atom stereocenters. The summed E-state index contributed by atoms with van der Waals surface area (Å²) < 4.78 is 15.9. The molecular formula is C32H39Br4I2N7O10. The number of carbonyl (C=O) groups is 3. The summed E-state index contributed by atoms with van der Waals surface area (Å²) in [5, 5.41) is 24.9. The van der Waals surface area contributed by atoms with Crippen LogP contribution in [0.4, 0.5) is 42.8 Å². The SMILES string of the molecule is C.C=CCN(C(=O)OC(C)(C)C)c1cccc(CN(C(=O)OCC)c2cc(Br)nc(Br)c2[N+](=O)[O-])c1.CCOC(=O)Nc1cc(Br)nc(Br)c1[N+](=O)[O-].II.[HH]. The molecule has 0 aliphatic rings. The van der Waals surface area contributed by atoms with Gasteiger partial charge >= 0.3 is 29.7 Å². The second-order valence-corrected chi connectivity index (χ2v) is 14.1. The van der Waals surface area contributed by atoms with Gasteiger partial charge in [0.1, 0.15) is 26.2 Å². The molecule has 0 spiro atoms. The van der Waals surface area contributed by atoms with E-state index in [0.29, 0.717) is 15.9 Å². The van der Waals surface area contributed by atoms with Crippen LogP contribution >= 0.6 is 101 Å². The van der Waals surface area contributed by atoms with E-state index in [4.69, 9.17) is 9.47 Å².